The summed E-state index contributed by atoms with van der Waals surface area (Å²) >= 11 is 6.40. The van der Waals surface area contributed by atoms with Crippen LogP contribution in [-0.2, 0) is 19.4 Å². The quantitative estimate of drug-likeness (QED) is 0.746. The van der Waals surface area contributed by atoms with E-state index in [9.17, 15) is 13.2 Å². The van der Waals surface area contributed by atoms with Crippen LogP contribution < -0.4 is 15.4 Å². The molecule has 0 aliphatic carbocycles. The second-order valence-corrected chi connectivity index (χ2v) is 7.02. The molecule has 0 amide bonds. The first-order chi connectivity index (χ1) is 12.8. The molecular weight excluding hydrogens is 377 g/mol. The minimum atomic E-state index is -4.38. The van der Waals surface area contributed by atoms with Gasteiger partial charge in [-0.25, -0.2) is 0 Å². The van der Waals surface area contributed by atoms with E-state index in [0.717, 1.165) is 44.1 Å². The van der Waals surface area contributed by atoms with Crippen molar-refractivity contribution in [3.63, 3.8) is 0 Å². The van der Waals surface area contributed by atoms with Crippen molar-refractivity contribution < 1.29 is 17.9 Å². The van der Waals surface area contributed by atoms with Crippen LogP contribution in [0.1, 0.15) is 23.6 Å². The highest BCUT2D eigenvalue weighted by Crippen LogP contribution is 2.31. The molecule has 0 saturated carbocycles. The van der Waals surface area contributed by atoms with Crippen LogP contribution in [-0.4, -0.2) is 25.4 Å². The van der Waals surface area contributed by atoms with E-state index < -0.39 is 12.3 Å². The molecule has 1 unspecified atom stereocenters. The predicted octanol–water partition coefficient (Wildman–Crippen LogP) is 4.97. The molecular formula is C20H22ClF3N2O. The van der Waals surface area contributed by atoms with Gasteiger partial charge in [0.05, 0.1) is 10.7 Å². The molecule has 146 valence electrons. The number of alkyl halides is 3. The molecule has 0 radical (unpaired) electrons. The van der Waals surface area contributed by atoms with Gasteiger partial charge in [-0.15, -0.1) is 0 Å². The highest BCUT2D eigenvalue weighted by atomic mass is 35.5. The first-order valence-corrected chi connectivity index (χ1v) is 9.29. The maximum atomic E-state index is 12.6. The number of anilines is 1. The summed E-state index contributed by atoms with van der Waals surface area (Å²) in [5.74, 6) is 0.196. The molecule has 2 N–H and O–H groups in total. The Morgan fingerprint density at radius 1 is 1.11 bits per heavy atom. The molecule has 3 nitrogen and oxygen atoms in total. The minimum Gasteiger partial charge on any atom is -0.481 e. The molecule has 27 heavy (non-hydrogen) atoms. The van der Waals surface area contributed by atoms with E-state index in [0.29, 0.717) is 11.6 Å². The van der Waals surface area contributed by atoms with E-state index in [4.69, 9.17) is 16.3 Å². The van der Waals surface area contributed by atoms with Gasteiger partial charge in [0.1, 0.15) is 5.75 Å². The molecule has 0 aromatic heterocycles. The first kappa shape index (κ1) is 19.8. The molecule has 2 aromatic carbocycles. The number of hydrogen-bond donors (Lipinski definition) is 2. The lowest BCUT2D eigenvalue weighted by Gasteiger charge is -2.18. The van der Waals surface area contributed by atoms with E-state index in [-0.39, 0.29) is 5.75 Å². The zero-order valence-electron chi connectivity index (χ0n) is 15.0. The van der Waals surface area contributed by atoms with Crippen molar-refractivity contribution in [1.29, 1.82) is 0 Å². The summed E-state index contributed by atoms with van der Waals surface area (Å²) in [6, 6.07) is 10.6. The maximum Gasteiger partial charge on any atom is 0.425 e. The van der Waals surface area contributed by atoms with Crippen LogP contribution in [0.4, 0.5) is 18.9 Å². The topological polar surface area (TPSA) is 33.3 Å². The van der Waals surface area contributed by atoms with Crippen molar-refractivity contribution >= 4 is 17.3 Å². The Morgan fingerprint density at radius 2 is 1.81 bits per heavy atom. The molecule has 1 aliphatic heterocycles. The molecule has 0 fully saturated rings. The van der Waals surface area contributed by atoms with Crippen molar-refractivity contribution in [2.75, 3.05) is 18.4 Å². The number of hydrogen-bond acceptors (Lipinski definition) is 3. The monoisotopic (exact) mass is 398 g/mol. The Balaban J connectivity index is 1.67. The van der Waals surface area contributed by atoms with Gasteiger partial charge in [0.2, 0.25) is 0 Å². The standard InChI is InChI=1S/C20H22ClF3N2O/c1-13(20(22,23)24)27-16-5-2-14(3-6-16)12-26-19-17-9-11-25-10-8-15(17)4-7-18(19)21/h2-7,13,25-26H,8-12H2,1H3. The molecule has 1 heterocycles. The molecule has 2 aromatic rings. The number of nitrogens with one attached hydrogen (secondary N) is 2. The number of rotatable bonds is 5. The summed E-state index contributed by atoms with van der Waals surface area (Å²) in [5.41, 5.74) is 4.38. The minimum absolute atomic E-state index is 0.196. The smallest absolute Gasteiger partial charge is 0.425 e. The van der Waals surface area contributed by atoms with Gasteiger partial charge in [-0.3, -0.25) is 0 Å². The van der Waals surface area contributed by atoms with Crippen LogP contribution in [0.5, 0.6) is 5.75 Å². The fourth-order valence-electron chi connectivity index (χ4n) is 3.08. The van der Waals surface area contributed by atoms with Crippen molar-refractivity contribution in [1.82, 2.24) is 5.32 Å². The average Bonchev–Trinajstić information content (AvgIpc) is 2.87. The normalized spacial score (nSPS) is 15.6. The van der Waals surface area contributed by atoms with E-state index in [2.05, 4.69) is 16.7 Å². The molecule has 0 saturated heterocycles. The lowest BCUT2D eigenvalue weighted by Crippen LogP contribution is -2.31. The highest BCUT2D eigenvalue weighted by molar-refractivity contribution is 6.33. The van der Waals surface area contributed by atoms with Gasteiger partial charge in [0.25, 0.3) is 0 Å². The fourth-order valence-corrected chi connectivity index (χ4v) is 3.33. The van der Waals surface area contributed by atoms with Gasteiger partial charge in [-0.05, 0) is 67.7 Å². The van der Waals surface area contributed by atoms with Crippen molar-refractivity contribution in [3.8, 4) is 5.75 Å². The third-order valence-corrected chi connectivity index (χ3v) is 4.96. The Hall–Kier alpha value is -1.92. The maximum absolute atomic E-state index is 12.6. The number of halogens is 4. The molecule has 0 bridgehead atoms. The average molecular weight is 399 g/mol. The zero-order valence-corrected chi connectivity index (χ0v) is 15.8. The first-order valence-electron chi connectivity index (χ1n) is 8.92. The van der Waals surface area contributed by atoms with Crippen LogP contribution in [0.15, 0.2) is 36.4 Å². The molecule has 1 atom stereocenters. The van der Waals surface area contributed by atoms with Crippen molar-refractivity contribution in [3.05, 3.63) is 58.1 Å². The number of benzene rings is 2. The van der Waals surface area contributed by atoms with E-state index >= 15 is 0 Å². The SMILES string of the molecule is CC(Oc1ccc(CNc2c(Cl)ccc3c2CCNCC3)cc1)C(F)(F)F. The predicted molar refractivity (Wildman–Crippen MR) is 102 cm³/mol. The van der Waals surface area contributed by atoms with Crippen LogP contribution in [0.2, 0.25) is 5.02 Å². The van der Waals surface area contributed by atoms with Gasteiger partial charge >= 0.3 is 6.18 Å². The van der Waals surface area contributed by atoms with Gasteiger partial charge in [-0.1, -0.05) is 29.8 Å². The zero-order chi connectivity index (χ0) is 19.4. The summed E-state index contributed by atoms with van der Waals surface area (Å²) in [4.78, 5) is 0. The van der Waals surface area contributed by atoms with Crippen LogP contribution in [0, 0.1) is 0 Å². The summed E-state index contributed by atoms with van der Waals surface area (Å²) in [7, 11) is 0. The molecule has 0 spiro atoms. The number of fused-ring (bicyclic) bond motifs is 1. The Labute approximate surface area is 161 Å². The second-order valence-electron chi connectivity index (χ2n) is 6.61. The lowest BCUT2D eigenvalue weighted by atomic mass is 10.0. The van der Waals surface area contributed by atoms with Crippen LogP contribution >= 0.6 is 11.6 Å². The van der Waals surface area contributed by atoms with Gasteiger partial charge < -0.3 is 15.4 Å². The lowest BCUT2D eigenvalue weighted by molar-refractivity contribution is -0.189. The van der Waals surface area contributed by atoms with Crippen molar-refractivity contribution in [2.45, 2.75) is 38.6 Å². The van der Waals surface area contributed by atoms with Crippen LogP contribution in [0.25, 0.3) is 0 Å². The third kappa shape index (κ3) is 5.08. The van der Waals surface area contributed by atoms with E-state index in [1.54, 1.807) is 24.3 Å². The Bertz CT molecular complexity index is 778. The summed E-state index contributed by atoms with van der Waals surface area (Å²) in [6.45, 7) is 3.38. The van der Waals surface area contributed by atoms with Crippen LogP contribution in [0.3, 0.4) is 0 Å². The summed E-state index contributed by atoms with van der Waals surface area (Å²) in [6.07, 6.45) is -4.35. The van der Waals surface area contributed by atoms with Crippen molar-refractivity contribution in [2.24, 2.45) is 0 Å². The third-order valence-electron chi connectivity index (χ3n) is 4.65. The van der Waals surface area contributed by atoms with E-state index in [1.165, 1.54) is 11.1 Å². The van der Waals surface area contributed by atoms with E-state index in [1.807, 2.05) is 6.07 Å². The Kier molecular flexibility index (Phi) is 6.17. The summed E-state index contributed by atoms with van der Waals surface area (Å²) in [5, 5.41) is 7.45. The summed E-state index contributed by atoms with van der Waals surface area (Å²) < 4.78 is 42.7. The molecule has 7 heteroatoms. The fraction of sp³-hybridized carbons (Fsp3) is 0.400. The second kappa shape index (κ2) is 8.40. The van der Waals surface area contributed by atoms with Gasteiger partial charge in [0.15, 0.2) is 6.10 Å². The van der Waals surface area contributed by atoms with Gasteiger partial charge in [-0.2, -0.15) is 13.2 Å². The molecule has 1 aliphatic rings. The Morgan fingerprint density at radius 3 is 2.52 bits per heavy atom. The molecule has 3 rings (SSSR count). The highest BCUT2D eigenvalue weighted by Gasteiger charge is 2.38. The number of ether oxygens (including phenoxy) is 1. The van der Waals surface area contributed by atoms with Gasteiger partial charge in [0, 0.05) is 6.54 Å². The largest absolute Gasteiger partial charge is 0.481 e.